The minimum atomic E-state index is 0.0488. The van der Waals surface area contributed by atoms with E-state index in [0.29, 0.717) is 0 Å². The summed E-state index contributed by atoms with van der Waals surface area (Å²) in [4.78, 5) is 10.3. The van der Waals surface area contributed by atoms with Crippen LogP contribution < -0.4 is 22.5 Å². The predicted octanol–water partition coefficient (Wildman–Crippen LogP) is 0.326. The van der Waals surface area contributed by atoms with Crippen LogP contribution in [-0.2, 0) is 4.79 Å². The number of carbonyl (C=O) groups is 1. The van der Waals surface area contributed by atoms with E-state index < -0.39 is 0 Å². The molecular weight excluding hydrogens is 216 g/mol. The zero-order valence-corrected chi connectivity index (χ0v) is 11.2. The highest BCUT2D eigenvalue weighted by Gasteiger charge is 1.89. The SMILES string of the molecule is CC(=O)NCCCCCN.NCCCCCN. The normalized spacial score (nSPS) is 9.41. The summed E-state index contributed by atoms with van der Waals surface area (Å²) < 4.78 is 0. The first kappa shape index (κ1) is 18.7. The van der Waals surface area contributed by atoms with Crippen LogP contribution in [0.25, 0.3) is 0 Å². The van der Waals surface area contributed by atoms with Gasteiger partial charge >= 0.3 is 0 Å². The van der Waals surface area contributed by atoms with Crippen molar-refractivity contribution in [2.75, 3.05) is 26.2 Å². The Balaban J connectivity index is 0. The first-order valence-electron chi connectivity index (χ1n) is 6.53. The smallest absolute Gasteiger partial charge is 0.216 e. The Hall–Kier alpha value is -0.650. The molecule has 0 aromatic rings. The molecule has 0 heterocycles. The number of carbonyl (C=O) groups excluding carboxylic acids is 1. The summed E-state index contributed by atoms with van der Waals surface area (Å²) in [5.74, 6) is 0.0488. The van der Waals surface area contributed by atoms with E-state index in [9.17, 15) is 4.79 Å². The predicted molar refractivity (Wildman–Crippen MR) is 73.5 cm³/mol. The maximum atomic E-state index is 10.3. The fraction of sp³-hybridized carbons (Fsp3) is 0.917. The third-order valence-electron chi connectivity index (χ3n) is 2.16. The number of amides is 1. The first-order valence-corrected chi connectivity index (χ1v) is 6.53. The van der Waals surface area contributed by atoms with Crippen LogP contribution in [0.3, 0.4) is 0 Å². The van der Waals surface area contributed by atoms with Gasteiger partial charge in [-0.25, -0.2) is 0 Å². The molecule has 0 aromatic heterocycles. The monoisotopic (exact) mass is 246 g/mol. The van der Waals surface area contributed by atoms with Gasteiger partial charge in [0.05, 0.1) is 0 Å². The van der Waals surface area contributed by atoms with E-state index in [4.69, 9.17) is 17.2 Å². The Morgan fingerprint density at radius 1 is 0.824 bits per heavy atom. The van der Waals surface area contributed by atoms with E-state index in [1.54, 1.807) is 0 Å². The Labute approximate surface area is 105 Å². The molecule has 0 saturated heterocycles. The van der Waals surface area contributed by atoms with Gasteiger partial charge in [0.2, 0.25) is 5.91 Å². The van der Waals surface area contributed by atoms with Crippen molar-refractivity contribution in [1.29, 1.82) is 0 Å². The molecule has 104 valence electrons. The molecule has 7 N–H and O–H groups in total. The van der Waals surface area contributed by atoms with E-state index in [2.05, 4.69) is 5.32 Å². The third kappa shape index (κ3) is 25.5. The maximum Gasteiger partial charge on any atom is 0.216 e. The number of rotatable bonds is 9. The van der Waals surface area contributed by atoms with Crippen molar-refractivity contribution in [2.45, 2.75) is 45.4 Å². The topological polar surface area (TPSA) is 107 Å². The zero-order valence-electron chi connectivity index (χ0n) is 11.2. The second-order valence-electron chi connectivity index (χ2n) is 3.97. The van der Waals surface area contributed by atoms with Crippen molar-refractivity contribution in [2.24, 2.45) is 17.2 Å². The lowest BCUT2D eigenvalue weighted by Gasteiger charge is -1.99. The van der Waals surface area contributed by atoms with E-state index in [1.807, 2.05) is 0 Å². The molecule has 0 aromatic carbocycles. The van der Waals surface area contributed by atoms with Crippen molar-refractivity contribution >= 4 is 5.91 Å². The van der Waals surface area contributed by atoms with Crippen LogP contribution in [0.4, 0.5) is 0 Å². The van der Waals surface area contributed by atoms with Crippen molar-refractivity contribution < 1.29 is 4.79 Å². The Bertz CT molecular complexity index is 149. The van der Waals surface area contributed by atoms with Gasteiger partial charge in [0.15, 0.2) is 0 Å². The van der Waals surface area contributed by atoms with Crippen LogP contribution in [0.15, 0.2) is 0 Å². The summed E-state index contributed by atoms with van der Waals surface area (Å²) in [5.41, 5.74) is 15.7. The molecular formula is C12H30N4O. The third-order valence-corrected chi connectivity index (χ3v) is 2.16. The molecule has 1 amide bonds. The lowest BCUT2D eigenvalue weighted by molar-refractivity contribution is -0.118. The molecule has 0 aliphatic rings. The van der Waals surface area contributed by atoms with Crippen molar-refractivity contribution in [1.82, 2.24) is 5.32 Å². The average molecular weight is 246 g/mol. The van der Waals surface area contributed by atoms with Crippen molar-refractivity contribution in [3.05, 3.63) is 0 Å². The highest BCUT2D eigenvalue weighted by Crippen LogP contribution is 1.90. The highest BCUT2D eigenvalue weighted by atomic mass is 16.1. The van der Waals surface area contributed by atoms with Gasteiger partial charge in [-0.05, 0) is 45.3 Å². The minimum absolute atomic E-state index is 0.0488. The second-order valence-corrected chi connectivity index (χ2v) is 3.97. The van der Waals surface area contributed by atoms with Gasteiger partial charge in [0.25, 0.3) is 0 Å². The van der Waals surface area contributed by atoms with Gasteiger partial charge in [0, 0.05) is 13.5 Å². The number of hydrogen-bond donors (Lipinski definition) is 4. The number of nitrogens with one attached hydrogen (secondary N) is 1. The molecule has 0 aliphatic heterocycles. The van der Waals surface area contributed by atoms with Crippen LogP contribution in [0.5, 0.6) is 0 Å². The molecule has 17 heavy (non-hydrogen) atoms. The maximum absolute atomic E-state index is 10.3. The number of nitrogens with two attached hydrogens (primary N) is 3. The Morgan fingerprint density at radius 2 is 1.24 bits per heavy atom. The van der Waals surface area contributed by atoms with Gasteiger partial charge in [-0.3, -0.25) is 4.79 Å². The number of unbranched alkanes of at least 4 members (excludes halogenated alkanes) is 4. The number of hydrogen-bond acceptors (Lipinski definition) is 4. The molecule has 0 bridgehead atoms. The summed E-state index contributed by atoms with van der Waals surface area (Å²) in [6, 6.07) is 0. The van der Waals surface area contributed by atoms with Crippen LogP contribution in [0, 0.1) is 0 Å². The molecule has 0 spiro atoms. The molecule has 0 radical (unpaired) electrons. The molecule has 0 atom stereocenters. The van der Waals surface area contributed by atoms with E-state index in [0.717, 1.165) is 58.3 Å². The molecule has 5 nitrogen and oxygen atoms in total. The van der Waals surface area contributed by atoms with Crippen molar-refractivity contribution in [3.63, 3.8) is 0 Å². The van der Waals surface area contributed by atoms with Gasteiger partial charge in [-0.2, -0.15) is 0 Å². The average Bonchev–Trinajstić information content (AvgIpc) is 2.30. The van der Waals surface area contributed by atoms with Crippen molar-refractivity contribution in [3.8, 4) is 0 Å². The summed E-state index contributed by atoms with van der Waals surface area (Å²) in [7, 11) is 0. The minimum Gasteiger partial charge on any atom is -0.356 e. The van der Waals surface area contributed by atoms with Gasteiger partial charge in [0.1, 0.15) is 0 Å². The largest absolute Gasteiger partial charge is 0.356 e. The van der Waals surface area contributed by atoms with Gasteiger partial charge in [-0.1, -0.05) is 12.8 Å². The fourth-order valence-electron chi connectivity index (χ4n) is 1.18. The molecule has 0 rings (SSSR count). The van der Waals surface area contributed by atoms with Crippen LogP contribution in [0.2, 0.25) is 0 Å². The standard InChI is InChI=1S/C7H16N2O.C5H14N2/c1-7(10)9-6-4-2-3-5-8;6-4-2-1-3-5-7/h2-6,8H2,1H3,(H,9,10);1-7H2. The van der Waals surface area contributed by atoms with Gasteiger partial charge in [-0.15, -0.1) is 0 Å². The quantitative estimate of drug-likeness (QED) is 0.440. The summed E-state index contributed by atoms with van der Waals surface area (Å²) >= 11 is 0. The Morgan fingerprint density at radius 3 is 1.59 bits per heavy atom. The molecule has 0 saturated carbocycles. The lowest BCUT2D eigenvalue weighted by atomic mass is 10.2. The second kappa shape index (κ2) is 17.7. The van der Waals surface area contributed by atoms with Crippen LogP contribution in [0.1, 0.15) is 45.4 Å². The fourth-order valence-corrected chi connectivity index (χ4v) is 1.18. The lowest BCUT2D eigenvalue weighted by Crippen LogP contribution is -2.20. The summed E-state index contributed by atoms with van der Waals surface area (Å²) in [6.45, 7) is 4.68. The zero-order chi connectivity index (χ0) is 13.4. The summed E-state index contributed by atoms with van der Waals surface area (Å²) in [5, 5.41) is 2.72. The van der Waals surface area contributed by atoms with E-state index >= 15 is 0 Å². The summed E-state index contributed by atoms with van der Waals surface area (Å²) in [6.07, 6.45) is 6.63. The highest BCUT2D eigenvalue weighted by molar-refractivity contribution is 5.72. The van der Waals surface area contributed by atoms with Gasteiger partial charge < -0.3 is 22.5 Å². The Kier molecular flexibility index (Phi) is 19.5. The van der Waals surface area contributed by atoms with E-state index in [1.165, 1.54) is 13.3 Å². The van der Waals surface area contributed by atoms with Crippen LogP contribution in [-0.4, -0.2) is 32.1 Å². The van der Waals surface area contributed by atoms with Crippen LogP contribution >= 0.6 is 0 Å². The first-order chi connectivity index (χ1) is 8.18. The molecule has 0 fully saturated rings. The van der Waals surface area contributed by atoms with E-state index in [-0.39, 0.29) is 5.91 Å². The molecule has 5 heteroatoms. The molecule has 0 aliphatic carbocycles. The molecule has 0 unspecified atom stereocenters.